The van der Waals surface area contributed by atoms with Crippen LogP contribution in [-0.4, -0.2) is 37.1 Å². The number of hydrogen-bond donors (Lipinski definition) is 1. The number of likely N-dealkylation sites (tertiary alicyclic amines) is 1. The van der Waals surface area contributed by atoms with Crippen LogP contribution in [0, 0.1) is 5.92 Å². The van der Waals surface area contributed by atoms with Crippen LogP contribution in [0.4, 0.5) is 0 Å². The van der Waals surface area contributed by atoms with E-state index >= 15 is 0 Å². The average molecular weight is 274 g/mol. The van der Waals surface area contributed by atoms with Crippen LogP contribution in [0.15, 0.2) is 30.3 Å². The summed E-state index contributed by atoms with van der Waals surface area (Å²) >= 11 is 0. The Labute approximate surface area is 124 Å². The van der Waals surface area contributed by atoms with Gasteiger partial charge in [0.05, 0.1) is 0 Å². The molecule has 2 atom stereocenters. The van der Waals surface area contributed by atoms with Crippen molar-refractivity contribution in [2.24, 2.45) is 5.92 Å². The third kappa shape index (κ3) is 4.32. The lowest BCUT2D eigenvalue weighted by molar-refractivity contribution is 0.249. The minimum Gasteiger partial charge on any atom is -0.315 e. The summed E-state index contributed by atoms with van der Waals surface area (Å²) in [5, 5.41) is 3.70. The third-order valence-electron chi connectivity index (χ3n) is 4.60. The predicted molar refractivity (Wildman–Crippen MR) is 87.2 cm³/mol. The summed E-state index contributed by atoms with van der Waals surface area (Å²) in [6, 6.07) is 11.6. The Bertz CT molecular complexity index is 368. The van der Waals surface area contributed by atoms with Crippen molar-refractivity contribution in [1.82, 2.24) is 10.2 Å². The fourth-order valence-corrected chi connectivity index (χ4v) is 3.20. The minimum atomic E-state index is 0.613. The van der Waals surface area contributed by atoms with Crippen molar-refractivity contribution in [3.63, 3.8) is 0 Å². The van der Waals surface area contributed by atoms with E-state index in [9.17, 15) is 0 Å². The van der Waals surface area contributed by atoms with E-state index in [1.54, 1.807) is 0 Å². The second-order valence-corrected chi connectivity index (χ2v) is 6.51. The second-order valence-electron chi connectivity index (χ2n) is 6.51. The van der Waals surface area contributed by atoms with Crippen molar-refractivity contribution in [3.8, 4) is 0 Å². The van der Waals surface area contributed by atoms with E-state index in [-0.39, 0.29) is 0 Å². The minimum absolute atomic E-state index is 0.613. The van der Waals surface area contributed by atoms with Crippen LogP contribution in [0.2, 0.25) is 0 Å². The molecule has 1 N–H and O–H groups in total. The van der Waals surface area contributed by atoms with Gasteiger partial charge in [-0.3, -0.25) is 4.90 Å². The monoisotopic (exact) mass is 274 g/mol. The topological polar surface area (TPSA) is 15.3 Å². The van der Waals surface area contributed by atoms with Crippen LogP contribution in [0.25, 0.3) is 0 Å². The van der Waals surface area contributed by atoms with Gasteiger partial charge in [0, 0.05) is 19.1 Å². The molecule has 0 saturated carbocycles. The first-order valence-electron chi connectivity index (χ1n) is 8.18. The molecule has 0 aliphatic carbocycles. The SMILES string of the molecule is CC(C)C(CNCC(C)N1CCCC1)c1ccccc1. The van der Waals surface area contributed by atoms with E-state index < -0.39 is 0 Å². The zero-order valence-corrected chi connectivity index (χ0v) is 13.3. The van der Waals surface area contributed by atoms with E-state index in [0.717, 1.165) is 13.1 Å². The molecule has 20 heavy (non-hydrogen) atoms. The molecule has 0 spiro atoms. The number of benzene rings is 1. The fraction of sp³-hybridized carbons (Fsp3) is 0.667. The first-order valence-corrected chi connectivity index (χ1v) is 8.18. The van der Waals surface area contributed by atoms with E-state index in [2.05, 4.69) is 61.3 Å². The molecule has 0 amide bonds. The van der Waals surface area contributed by atoms with Crippen molar-refractivity contribution < 1.29 is 0 Å². The normalized spacial score (nSPS) is 19.4. The van der Waals surface area contributed by atoms with Crippen LogP contribution in [0.1, 0.15) is 45.1 Å². The zero-order chi connectivity index (χ0) is 14.4. The van der Waals surface area contributed by atoms with Gasteiger partial charge in [-0.25, -0.2) is 0 Å². The van der Waals surface area contributed by atoms with Gasteiger partial charge in [-0.15, -0.1) is 0 Å². The molecule has 1 heterocycles. The number of rotatable bonds is 7. The maximum Gasteiger partial charge on any atom is 0.0192 e. The van der Waals surface area contributed by atoms with Crippen molar-refractivity contribution in [3.05, 3.63) is 35.9 Å². The standard InChI is InChI=1S/C18H30N2/c1-15(2)18(17-9-5-4-6-10-17)14-19-13-16(3)20-11-7-8-12-20/h4-6,9-10,15-16,18-19H,7-8,11-14H2,1-3H3. The Hall–Kier alpha value is -0.860. The summed E-state index contributed by atoms with van der Waals surface area (Å²) in [5.41, 5.74) is 1.46. The van der Waals surface area contributed by atoms with Gasteiger partial charge < -0.3 is 5.32 Å². The maximum absolute atomic E-state index is 3.70. The second kappa shape index (κ2) is 7.80. The van der Waals surface area contributed by atoms with Crippen LogP contribution < -0.4 is 5.32 Å². The number of nitrogens with zero attached hydrogens (tertiary/aromatic N) is 1. The lowest BCUT2D eigenvalue weighted by Crippen LogP contribution is -2.40. The number of hydrogen-bond acceptors (Lipinski definition) is 2. The highest BCUT2D eigenvalue weighted by atomic mass is 15.2. The highest BCUT2D eigenvalue weighted by molar-refractivity contribution is 5.20. The summed E-state index contributed by atoms with van der Waals surface area (Å²) in [6.45, 7) is 11.8. The summed E-state index contributed by atoms with van der Waals surface area (Å²) in [7, 11) is 0. The number of nitrogens with one attached hydrogen (secondary N) is 1. The van der Waals surface area contributed by atoms with Crippen LogP contribution in [0.5, 0.6) is 0 Å². The van der Waals surface area contributed by atoms with Gasteiger partial charge in [0.1, 0.15) is 0 Å². The molecule has 1 saturated heterocycles. The lowest BCUT2D eigenvalue weighted by atomic mass is 9.88. The van der Waals surface area contributed by atoms with Crippen LogP contribution in [0.3, 0.4) is 0 Å². The molecule has 1 aliphatic rings. The van der Waals surface area contributed by atoms with Crippen LogP contribution >= 0.6 is 0 Å². The molecule has 2 heteroatoms. The molecule has 1 aromatic rings. The van der Waals surface area contributed by atoms with E-state index in [1.807, 2.05) is 0 Å². The van der Waals surface area contributed by atoms with Crippen molar-refractivity contribution in [1.29, 1.82) is 0 Å². The lowest BCUT2D eigenvalue weighted by Gasteiger charge is -2.27. The molecule has 0 bridgehead atoms. The van der Waals surface area contributed by atoms with Gasteiger partial charge in [0.25, 0.3) is 0 Å². The van der Waals surface area contributed by atoms with Crippen molar-refractivity contribution >= 4 is 0 Å². The smallest absolute Gasteiger partial charge is 0.0192 e. The Balaban J connectivity index is 1.80. The van der Waals surface area contributed by atoms with Gasteiger partial charge in [-0.05, 0) is 50.3 Å². The molecule has 2 unspecified atom stereocenters. The highest BCUT2D eigenvalue weighted by Gasteiger charge is 2.19. The van der Waals surface area contributed by atoms with Crippen molar-refractivity contribution in [2.45, 2.75) is 45.6 Å². The van der Waals surface area contributed by atoms with Gasteiger partial charge in [-0.1, -0.05) is 44.2 Å². The third-order valence-corrected chi connectivity index (χ3v) is 4.60. The molecule has 2 rings (SSSR count). The molecule has 2 nitrogen and oxygen atoms in total. The molecular formula is C18H30N2. The quantitative estimate of drug-likeness (QED) is 0.818. The molecule has 1 fully saturated rings. The molecule has 0 radical (unpaired) electrons. The highest BCUT2D eigenvalue weighted by Crippen LogP contribution is 2.23. The first-order chi connectivity index (χ1) is 9.68. The Morgan fingerprint density at radius 2 is 1.65 bits per heavy atom. The Morgan fingerprint density at radius 3 is 2.25 bits per heavy atom. The average Bonchev–Trinajstić information content (AvgIpc) is 2.98. The van der Waals surface area contributed by atoms with Gasteiger partial charge in [0.15, 0.2) is 0 Å². The largest absolute Gasteiger partial charge is 0.315 e. The summed E-state index contributed by atoms with van der Waals surface area (Å²) in [5.74, 6) is 1.29. The summed E-state index contributed by atoms with van der Waals surface area (Å²) in [6.07, 6.45) is 2.76. The Kier molecular flexibility index (Phi) is 6.06. The first kappa shape index (κ1) is 15.5. The molecule has 1 aliphatic heterocycles. The molecule has 0 aromatic heterocycles. The van der Waals surface area contributed by atoms with Crippen LogP contribution in [-0.2, 0) is 0 Å². The van der Waals surface area contributed by atoms with E-state index in [0.29, 0.717) is 17.9 Å². The van der Waals surface area contributed by atoms with Gasteiger partial charge >= 0.3 is 0 Å². The summed E-state index contributed by atoms with van der Waals surface area (Å²) < 4.78 is 0. The van der Waals surface area contributed by atoms with Crippen molar-refractivity contribution in [2.75, 3.05) is 26.2 Å². The van der Waals surface area contributed by atoms with E-state index in [4.69, 9.17) is 0 Å². The molecule has 112 valence electrons. The summed E-state index contributed by atoms with van der Waals surface area (Å²) in [4.78, 5) is 2.61. The van der Waals surface area contributed by atoms with E-state index in [1.165, 1.54) is 31.5 Å². The molecular weight excluding hydrogens is 244 g/mol. The fourth-order valence-electron chi connectivity index (χ4n) is 3.20. The zero-order valence-electron chi connectivity index (χ0n) is 13.3. The maximum atomic E-state index is 3.70. The van der Waals surface area contributed by atoms with Gasteiger partial charge in [0.2, 0.25) is 0 Å². The Morgan fingerprint density at radius 1 is 1.00 bits per heavy atom. The predicted octanol–water partition coefficient (Wildman–Crippen LogP) is 3.50. The molecule has 1 aromatic carbocycles. The van der Waals surface area contributed by atoms with Gasteiger partial charge in [-0.2, -0.15) is 0 Å².